The van der Waals surface area contributed by atoms with Gasteiger partial charge in [0.1, 0.15) is 35.5 Å². The van der Waals surface area contributed by atoms with Gasteiger partial charge in [-0.15, -0.1) is 0 Å². The average molecular weight is 540 g/mol. The number of halogens is 1. The number of ether oxygens (including phenoxy) is 1. The number of nitrogens with zero attached hydrogens (tertiary/aromatic N) is 8. The second kappa shape index (κ2) is 10.2. The summed E-state index contributed by atoms with van der Waals surface area (Å²) in [5, 5.41) is 7.15. The van der Waals surface area contributed by atoms with E-state index in [4.69, 9.17) is 9.72 Å². The highest BCUT2D eigenvalue weighted by Gasteiger charge is 2.28. The normalized spacial score (nSPS) is 15.0. The highest BCUT2D eigenvalue weighted by Crippen LogP contribution is 2.33. The Bertz CT molecular complexity index is 1760. The van der Waals surface area contributed by atoms with Gasteiger partial charge >= 0.3 is 0 Å². The van der Waals surface area contributed by atoms with Crippen LogP contribution in [0, 0.1) is 12.7 Å². The first-order chi connectivity index (χ1) is 19.4. The van der Waals surface area contributed by atoms with Crippen LogP contribution in [0.2, 0.25) is 0 Å². The molecule has 0 radical (unpaired) electrons. The lowest BCUT2D eigenvalue weighted by molar-refractivity contribution is -0.126. The van der Waals surface area contributed by atoms with Crippen LogP contribution in [0.25, 0.3) is 16.7 Å². The van der Waals surface area contributed by atoms with E-state index in [2.05, 4.69) is 36.8 Å². The van der Waals surface area contributed by atoms with Gasteiger partial charge in [-0.3, -0.25) is 4.79 Å². The maximum atomic E-state index is 15.5. The summed E-state index contributed by atoms with van der Waals surface area (Å²) in [5.74, 6) is 1.43. The number of pyridine rings is 2. The molecule has 202 valence electrons. The molecule has 1 aliphatic rings. The number of carbonyl (C=O) groups is 1. The molecule has 1 fully saturated rings. The molecule has 1 aliphatic heterocycles. The fourth-order valence-electron chi connectivity index (χ4n) is 4.78. The average Bonchev–Trinajstić information content (AvgIpc) is 3.66. The second-order valence-electron chi connectivity index (χ2n) is 9.50. The maximum absolute atomic E-state index is 15.5. The lowest BCUT2D eigenvalue weighted by Crippen LogP contribution is -2.38. The summed E-state index contributed by atoms with van der Waals surface area (Å²) < 4.78 is 23.1. The Kier molecular flexibility index (Phi) is 6.42. The van der Waals surface area contributed by atoms with Crippen LogP contribution < -0.4 is 15.0 Å². The quantitative estimate of drug-likeness (QED) is 0.303. The van der Waals surface area contributed by atoms with Crippen LogP contribution in [0.5, 0.6) is 11.5 Å². The number of aromatic nitrogens is 6. The number of likely N-dealkylation sites (N-methyl/N-ethyl adjacent to an activating group) is 1. The Balaban J connectivity index is 1.24. The van der Waals surface area contributed by atoms with Gasteiger partial charge in [-0.2, -0.15) is 5.10 Å². The van der Waals surface area contributed by atoms with Crippen LogP contribution in [0.3, 0.4) is 0 Å². The molecule has 1 amide bonds. The highest BCUT2D eigenvalue weighted by atomic mass is 19.1. The predicted octanol–water partition coefficient (Wildman–Crippen LogP) is 4.27. The largest absolute Gasteiger partial charge is 0.457 e. The van der Waals surface area contributed by atoms with E-state index in [9.17, 15) is 4.79 Å². The van der Waals surface area contributed by atoms with Crippen molar-refractivity contribution in [2.75, 3.05) is 30.4 Å². The maximum Gasteiger partial charge on any atom is 0.246 e. The fraction of sp³-hybridized carbons (Fsp3) is 0.214. The Morgan fingerprint density at radius 2 is 2.08 bits per heavy atom. The molecular formula is C28H26FN9O2. The van der Waals surface area contributed by atoms with Gasteiger partial charge in [0, 0.05) is 38.0 Å². The smallest absolute Gasteiger partial charge is 0.246 e. The van der Waals surface area contributed by atoms with E-state index in [-0.39, 0.29) is 17.6 Å². The number of fused-ring (bicyclic) bond motifs is 2. The van der Waals surface area contributed by atoms with E-state index in [0.717, 1.165) is 18.8 Å². The molecule has 4 aromatic heterocycles. The van der Waals surface area contributed by atoms with Crippen LogP contribution in [-0.2, 0) is 4.79 Å². The minimum Gasteiger partial charge on any atom is -0.457 e. The number of hydrogen-bond acceptors (Lipinski definition) is 9. The van der Waals surface area contributed by atoms with Crippen molar-refractivity contribution < 1.29 is 13.9 Å². The molecule has 1 aromatic carbocycles. The number of hydrogen-bond donors (Lipinski definition) is 1. The SMILES string of the molecule is C=CC(=O)N(C)[C@@H]1CCN(c2ccc3ncnc(Nc4ccc(Oc5ccn6ncnc6c5)c(C)c4F)c3n2)C1. The van der Waals surface area contributed by atoms with Gasteiger partial charge in [0.25, 0.3) is 0 Å². The van der Waals surface area contributed by atoms with Crippen LogP contribution >= 0.6 is 0 Å². The van der Waals surface area contributed by atoms with Gasteiger partial charge < -0.3 is 19.9 Å². The summed E-state index contributed by atoms with van der Waals surface area (Å²) >= 11 is 0. The highest BCUT2D eigenvalue weighted by molar-refractivity contribution is 5.88. The van der Waals surface area contributed by atoms with Crippen molar-refractivity contribution >= 4 is 39.9 Å². The van der Waals surface area contributed by atoms with Crippen molar-refractivity contribution in [2.45, 2.75) is 19.4 Å². The van der Waals surface area contributed by atoms with E-state index >= 15 is 4.39 Å². The molecule has 0 bridgehead atoms. The molecular weight excluding hydrogens is 513 g/mol. The first-order valence-electron chi connectivity index (χ1n) is 12.7. The minimum absolute atomic E-state index is 0.0590. The molecule has 40 heavy (non-hydrogen) atoms. The molecule has 5 aromatic rings. The summed E-state index contributed by atoms with van der Waals surface area (Å²) in [4.78, 5) is 33.5. The van der Waals surface area contributed by atoms with E-state index in [1.807, 2.05) is 12.1 Å². The molecule has 0 aliphatic carbocycles. The molecule has 5 heterocycles. The predicted molar refractivity (Wildman–Crippen MR) is 148 cm³/mol. The fourth-order valence-corrected chi connectivity index (χ4v) is 4.78. The number of anilines is 3. The second-order valence-corrected chi connectivity index (χ2v) is 9.50. The number of nitrogens with one attached hydrogen (secondary N) is 1. The molecule has 12 heteroatoms. The molecule has 6 rings (SSSR count). The topological polar surface area (TPSA) is 114 Å². The molecule has 0 unspecified atom stereocenters. The van der Waals surface area contributed by atoms with Gasteiger partial charge in [-0.1, -0.05) is 6.58 Å². The van der Waals surface area contributed by atoms with Gasteiger partial charge in [0.05, 0.1) is 17.2 Å². The molecule has 11 nitrogen and oxygen atoms in total. The molecule has 1 saturated heterocycles. The zero-order valence-corrected chi connectivity index (χ0v) is 22.0. The van der Waals surface area contributed by atoms with Crippen LogP contribution in [0.15, 0.2) is 67.9 Å². The van der Waals surface area contributed by atoms with Crippen LogP contribution in [0.4, 0.5) is 21.7 Å². The Hall–Kier alpha value is -5.13. The Morgan fingerprint density at radius 1 is 1.20 bits per heavy atom. The number of benzene rings is 1. The summed E-state index contributed by atoms with van der Waals surface area (Å²) in [6, 6.07) is 10.6. The third kappa shape index (κ3) is 4.64. The third-order valence-corrected chi connectivity index (χ3v) is 7.09. The van der Waals surface area contributed by atoms with Crippen molar-refractivity contribution in [3.8, 4) is 11.5 Å². The first-order valence-corrected chi connectivity index (χ1v) is 12.7. The standard InChI is InChI=1S/C28H26FN9O2/c1-4-25(39)36(3)18-9-11-37(14-18)23-8-6-21-27(35-23)28(32-15-30-21)34-20-5-7-22(17(2)26(20)29)40-19-10-12-38-24(13-19)31-16-33-38/h4-8,10,12-13,15-16,18H,1,9,11,14H2,2-3H3,(H,30,32,34)/t18-/m1/s1. The molecule has 1 atom stereocenters. The van der Waals surface area contributed by atoms with Crippen molar-refractivity contribution in [1.82, 2.24) is 34.4 Å². The minimum atomic E-state index is -0.471. The summed E-state index contributed by atoms with van der Waals surface area (Å²) in [7, 11) is 1.78. The van der Waals surface area contributed by atoms with Crippen molar-refractivity contribution in [3.05, 3.63) is 79.3 Å². The van der Waals surface area contributed by atoms with Crippen molar-refractivity contribution in [3.63, 3.8) is 0 Å². The third-order valence-electron chi connectivity index (χ3n) is 7.09. The number of rotatable bonds is 7. The van der Waals surface area contributed by atoms with Crippen LogP contribution in [-0.4, -0.2) is 66.5 Å². The molecule has 0 spiro atoms. The van der Waals surface area contributed by atoms with E-state index < -0.39 is 5.82 Å². The lowest BCUT2D eigenvalue weighted by atomic mass is 10.1. The number of carbonyl (C=O) groups excluding carboxylic acids is 1. The summed E-state index contributed by atoms with van der Waals surface area (Å²) in [6.07, 6.45) is 6.73. The van der Waals surface area contributed by atoms with Crippen LogP contribution in [0.1, 0.15) is 12.0 Å². The number of amides is 1. The summed E-state index contributed by atoms with van der Waals surface area (Å²) in [5.41, 5.74) is 2.32. The lowest BCUT2D eigenvalue weighted by Gasteiger charge is -2.24. The Morgan fingerprint density at radius 3 is 2.92 bits per heavy atom. The van der Waals surface area contributed by atoms with Gasteiger partial charge in [-0.05, 0) is 49.8 Å². The van der Waals surface area contributed by atoms with E-state index in [1.165, 1.54) is 18.7 Å². The monoisotopic (exact) mass is 539 g/mol. The zero-order chi connectivity index (χ0) is 27.8. The van der Waals surface area contributed by atoms with Crippen molar-refractivity contribution in [1.29, 1.82) is 0 Å². The molecule has 1 N–H and O–H groups in total. The Labute approximate surface area is 229 Å². The van der Waals surface area contributed by atoms with E-state index in [1.54, 1.807) is 53.8 Å². The van der Waals surface area contributed by atoms with Gasteiger partial charge in [0.15, 0.2) is 17.3 Å². The summed E-state index contributed by atoms with van der Waals surface area (Å²) in [6.45, 7) is 6.61. The van der Waals surface area contributed by atoms with Crippen molar-refractivity contribution in [2.24, 2.45) is 0 Å². The zero-order valence-electron chi connectivity index (χ0n) is 22.0. The molecule has 0 saturated carbocycles. The van der Waals surface area contributed by atoms with Gasteiger partial charge in [0.2, 0.25) is 5.91 Å². The van der Waals surface area contributed by atoms with E-state index in [0.29, 0.717) is 46.1 Å². The van der Waals surface area contributed by atoms with Gasteiger partial charge in [-0.25, -0.2) is 28.8 Å². The first kappa shape index (κ1) is 25.2.